The van der Waals surface area contributed by atoms with E-state index in [1.54, 1.807) is 0 Å². The molecule has 0 N–H and O–H groups in total. The molecule has 0 radical (unpaired) electrons. The molecule has 0 unspecified atom stereocenters. The quantitative estimate of drug-likeness (QED) is 0.282. The lowest BCUT2D eigenvalue weighted by Gasteiger charge is -2.13. The van der Waals surface area contributed by atoms with Gasteiger partial charge in [0.1, 0.15) is 0 Å². The van der Waals surface area contributed by atoms with Gasteiger partial charge < -0.3 is 0 Å². The minimum absolute atomic E-state index is 1.20. The third kappa shape index (κ3) is 2.14. The zero-order valence-electron chi connectivity index (χ0n) is 13.2. The topological polar surface area (TPSA) is 0 Å². The van der Waals surface area contributed by atoms with Crippen LogP contribution in [0.4, 0.5) is 0 Å². The van der Waals surface area contributed by atoms with Crippen molar-refractivity contribution in [3.63, 3.8) is 0 Å². The first-order valence-corrected chi connectivity index (χ1v) is 8.54. The van der Waals surface area contributed by atoms with Crippen LogP contribution >= 0.6 is 0 Å². The first-order chi connectivity index (χ1) is 10.9. The number of rotatable bonds is 5. The summed E-state index contributed by atoms with van der Waals surface area (Å²) in [5.74, 6) is 0. The molecule has 0 bridgehead atoms. The van der Waals surface area contributed by atoms with E-state index >= 15 is 0 Å². The van der Waals surface area contributed by atoms with Gasteiger partial charge in [-0.25, -0.2) is 0 Å². The van der Waals surface area contributed by atoms with Crippen LogP contribution in [0.15, 0.2) is 54.6 Å². The van der Waals surface area contributed by atoms with Crippen LogP contribution in [0.3, 0.4) is 0 Å². The molecule has 0 saturated heterocycles. The molecule has 0 atom stereocenters. The standard InChI is InChI=1S/C22H22/c1-2-3-4-5-7-16-10-11-19-13-12-17-8-6-9-18-14-15-20(16)22(19)21(17)18/h6,8-15H,2-5,7H2,1H3. The highest BCUT2D eigenvalue weighted by Gasteiger charge is 2.10. The molecule has 110 valence electrons. The van der Waals surface area contributed by atoms with Gasteiger partial charge in [0.15, 0.2) is 0 Å². The number of benzene rings is 4. The molecule has 4 aromatic carbocycles. The van der Waals surface area contributed by atoms with E-state index in [-0.39, 0.29) is 0 Å². The molecule has 4 aromatic rings. The molecule has 0 fully saturated rings. The molecule has 0 aliphatic heterocycles. The van der Waals surface area contributed by atoms with Crippen molar-refractivity contribution in [3.05, 3.63) is 60.2 Å². The Kier molecular flexibility index (Phi) is 3.46. The van der Waals surface area contributed by atoms with Crippen LogP contribution in [0.2, 0.25) is 0 Å². The van der Waals surface area contributed by atoms with E-state index < -0.39 is 0 Å². The molecule has 0 heteroatoms. The van der Waals surface area contributed by atoms with E-state index in [1.807, 2.05) is 0 Å². The van der Waals surface area contributed by atoms with Crippen LogP contribution in [-0.4, -0.2) is 0 Å². The van der Waals surface area contributed by atoms with Gasteiger partial charge in [0.05, 0.1) is 0 Å². The minimum atomic E-state index is 1.20. The summed E-state index contributed by atoms with van der Waals surface area (Å²) in [6.45, 7) is 2.27. The second-order valence-corrected chi connectivity index (χ2v) is 6.39. The first kappa shape index (κ1) is 13.6. The van der Waals surface area contributed by atoms with Crippen molar-refractivity contribution in [2.45, 2.75) is 39.0 Å². The second kappa shape index (κ2) is 5.61. The maximum atomic E-state index is 2.34. The Bertz CT molecular complexity index is 901. The highest BCUT2D eigenvalue weighted by molar-refractivity contribution is 6.23. The van der Waals surface area contributed by atoms with Crippen LogP contribution in [-0.2, 0) is 6.42 Å². The third-order valence-corrected chi connectivity index (χ3v) is 4.92. The molecule has 0 amide bonds. The number of hydrogen-bond acceptors (Lipinski definition) is 0. The lowest BCUT2D eigenvalue weighted by atomic mass is 9.90. The van der Waals surface area contributed by atoms with E-state index in [0.29, 0.717) is 0 Å². The fourth-order valence-electron chi connectivity index (χ4n) is 3.76. The van der Waals surface area contributed by atoms with Crippen LogP contribution in [0.25, 0.3) is 32.3 Å². The van der Waals surface area contributed by atoms with Gasteiger partial charge in [0.25, 0.3) is 0 Å². The summed E-state index contributed by atoms with van der Waals surface area (Å²) in [5.41, 5.74) is 1.52. The molecular formula is C22H22. The highest BCUT2D eigenvalue weighted by Crippen LogP contribution is 2.36. The van der Waals surface area contributed by atoms with Gasteiger partial charge in [0.2, 0.25) is 0 Å². The Morgan fingerprint density at radius 3 is 2.09 bits per heavy atom. The molecular weight excluding hydrogens is 264 g/mol. The Morgan fingerprint density at radius 1 is 0.636 bits per heavy atom. The summed E-state index contributed by atoms with van der Waals surface area (Å²) in [4.78, 5) is 0. The molecule has 0 aliphatic rings. The zero-order valence-corrected chi connectivity index (χ0v) is 13.2. The molecule has 0 saturated carbocycles. The van der Waals surface area contributed by atoms with Gasteiger partial charge in [-0.15, -0.1) is 0 Å². The Hall–Kier alpha value is -2.08. The lowest BCUT2D eigenvalue weighted by molar-refractivity contribution is 0.668. The first-order valence-electron chi connectivity index (χ1n) is 8.54. The average Bonchev–Trinajstić information content (AvgIpc) is 2.57. The summed E-state index contributed by atoms with van der Waals surface area (Å²) in [6.07, 6.45) is 6.51. The fraction of sp³-hybridized carbons (Fsp3) is 0.273. The molecule has 0 heterocycles. The summed E-state index contributed by atoms with van der Waals surface area (Å²) in [5, 5.41) is 8.45. The van der Waals surface area contributed by atoms with Crippen LogP contribution in [0.5, 0.6) is 0 Å². The van der Waals surface area contributed by atoms with Gasteiger partial charge in [-0.05, 0) is 50.7 Å². The van der Waals surface area contributed by atoms with Crippen LogP contribution in [0.1, 0.15) is 38.2 Å². The van der Waals surface area contributed by atoms with Crippen LogP contribution < -0.4 is 0 Å². The minimum Gasteiger partial charge on any atom is -0.0654 e. The summed E-state index contributed by atoms with van der Waals surface area (Å²) in [7, 11) is 0. The molecule has 0 nitrogen and oxygen atoms in total. The summed E-state index contributed by atoms with van der Waals surface area (Å²) >= 11 is 0. The zero-order chi connectivity index (χ0) is 14.9. The molecule has 0 aliphatic carbocycles. The molecule has 4 rings (SSSR count). The van der Waals surface area contributed by atoms with E-state index in [0.717, 1.165) is 0 Å². The van der Waals surface area contributed by atoms with E-state index in [4.69, 9.17) is 0 Å². The van der Waals surface area contributed by atoms with E-state index in [2.05, 4.69) is 61.5 Å². The predicted molar refractivity (Wildman–Crippen MR) is 98.0 cm³/mol. The number of unbranched alkanes of at least 4 members (excludes halogenated alkanes) is 3. The molecule has 0 aromatic heterocycles. The maximum Gasteiger partial charge on any atom is -0.00240 e. The molecule has 22 heavy (non-hydrogen) atoms. The Balaban J connectivity index is 1.89. The largest absolute Gasteiger partial charge is 0.0654 e. The maximum absolute atomic E-state index is 2.34. The van der Waals surface area contributed by atoms with Gasteiger partial charge in [-0.2, -0.15) is 0 Å². The van der Waals surface area contributed by atoms with E-state index in [9.17, 15) is 0 Å². The van der Waals surface area contributed by atoms with Gasteiger partial charge in [-0.3, -0.25) is 0 Å². The van der Waals surface area contributed by atoms with Gasteiger partial charge in [-0.1, -0.05) is 80.8 Å². The van der Waals surface area contributed by atoms with Crippen molar-refractivity contribution in [1.82, 2.24) is 0 Å². The SMILES string of the molecule is CCCCCCc1ccc2ccc3cccc4ccc1c2c34. The van der Waals surface area contributed by atoms with Crippen molar-refractivity contribution in [2.24, 2.45) is 0 Å². The predicted octanol–water partition coefficient (Wildman–Crippen LogP) is 6.71. The fourth-order valence-corrected chi connectivity index (χ4v) is 3.76. The normalized spacial score (nSPS) is 11.9. The van der Waals surface area contributed by atoms with Crippen molar-refractivity contribution in [1.29, 1.82) is 0 Å². The van der Waals surface area contributed by atoms with E-state index in [1.165, 1.54) is 70.0 Å². The molecule has 0 spiro atoms. The lowest BCUT2D eigenvalue weighted by Crippen LogP contribution is -1.91. The number of hydrogen-bond donors (Lipinski definition) is 0. The Labute approximate surface area is 132 Å². The smallest absolute Gasteiger partial charge is 0.00240 e. The summed E-state index contributed by atoms with van der Waals surface area (Å²) < 4.78 is 0. The van der Waals surface area contributed by atoms with Crippen molar-refractivity contribution >= 4 is 32.3 Å². The van der Waals surface area contributed by atoms with Crippen molar-refractivity contribution in [2.75, 3.05) is 0 Å². The van der Waals surface area contributed by atoms with Gasteiger partial charge in [0, 0.05) is 0 Å². The third-order valence-electron chi connectivity index (χ3n) is 4.92. The second-order valence-electron chi connectivity index (χ2n) is 6.39. The van der Waals surface area contributed by atoms with Crippen molar-refractivity contribution < 1.29 is 0 Å². The highest BCUT2D eigenvalue weighted by atomic mass is 14.1. The number of aryl methyl sites for hydroxylation is 1. The van der Waals surface area contributed by atoms with Crippen LogP contribution in [0, 0.1) is 0 Å². The van der Waals surface area contributed by atoms with Gasteiger partial charge >= 0.3 is 0 Å². The Morgan fingerprint density at radius 2 is 1.32 bits per heavy atom. The average molecular weight is 286 g/mol. The van der Waals surface area contributed by atoms with Crippen molar-refractivity contribution in [3.8, 4) is 0 Å². The summed E-state index contributed by atoms with van der Waals surface area (Å²) in [6, 6.07) is 20.4. The monoisotopic (exact) mass is 286 g/mol.